The minimum absolute atomic E-state index is 0.695. The van der Waals surface area contributed by atoms with Gasteiger partial charge >= 0.3 is 0 Å². The molecule has 6 rings (SSSR count). The summed E-state index contributed by atoms with van der Waals surface area (Å²) in [5.74, 6) is 1.20. The molecule has 6 heteroatoms. The minimum atomic E-state index is 0.695. The number of benzene rings is 1. The van der Waals surface area contributed by atoms with E-state index in [9.17, 15) is 0 Å². The summed E-state index contributed by atoms with van der Waals surface area (Å²) in [6, 6.07) is 9.75. The van der Waals surface area contributed by atoms with Crippen molar-refractivity contribution in [3.8, 4) is 0 Å². The van der Waals surface area contributed by atoms with Crippen LogP contribution in [0.5, 0.6) is 0 Å². The highest BCUT2D eigenvalue weighted by atomic mass is 32.1. The summed E-state index contributed by atoms with van der Waals surface area (Å²) in [6.07, 6.45) is 11.8. The highest BCUT2D eigenvalue weighted by Gasteiger charge is 2.27. The molecule has 0 saturated carbocycles. The first-order chi connectivity index (χ1) is 17.3. The largest absolute Gasteiger partial charge is 0.353 e. The number of aromatic nitrogens is 2. The molecule has 0 radical (unpaired) electrons. The highest BCUT2D eigenvalue weighted by molar-refractivity contribution is 7.19. The van der Waals surface area contributed by atoms with Crippen LogP contribution in [0.15, 0.2) is 30.6 Å². The summed E-state index contributed by atoms with van der Waals surface area (Å²) in [5, 5.41) is 1.37. The first-order valence-corrected chi connectivity index (χ1v) is 14.6. The number of aryl methyl sites for hydroxylation is 2. The minimum Gasteiger partial charge on any atom is -0.353 e. The third kappa shape index (κ3) is 4.85. The lowest BCUT2D eigenvalue weighted by Gasteiger charge is -2.36. The highest BCUT2D eigenvalue weighted by Crippen LogP contribution is 2.39. The van der Waals surface area contributed by atoms with Gasteiger partial charge in [0.15, 0.2) is 0 Å². The molecule has 0 spiro atoms. The Kier molecular flexibility index (Phi) is 7.04. The SMILES string of the molecule is CCCN(CCCN1CCN(c2ncnc3sc4c(c23)CCCC4)CC1)C1Cc2ccccc2C1. The van der Waals surface area contributed by atoms with E-state index in [0.29, 0.717) is 6.04 Å². The number of rotatable bonds is 8. The molecule has 3 heterocycles. The van der Waals surface area contributed by atoms with Crippen molar-refractivity contribution in [2.45, 2.75) is 64.3 Å². The van der Waals surface area contributed by atoms with Gasteiger partial charge in [-0.1, -0.05) is 31.2 Å². The number of anilines is 1. The third-order valence-electron chi connectivity index (χ3n) is 8.38. The van der Waals surface area contributed by atoms with Crippen molar-refractivity contribution < 1.29 is 0 Å². The van der Waals surface area contributed by atoms with Crippen LogP contribution >= 0.6 is 11.3 Å². The van der Waals surface area contributed by atoms with E-state index in [2.05, 4.69) is 50.9 Å². The summed E-state index contributed by atoms with van der Waals surface area (Å²) in [5.41, 5.74) is 4.69. The fourth-order valence-corrected chi connectivity index (χ4v) is 7.78. The van der Waals surface area contributed by atoms with Gasteiger partial charge in [-0.05, 0) is 87.7 Å². The van der Waals surface area contributed by atoms with Crippen molar-refractivity contribution in [2.24, 2.45) is 0 Å². The van der Waals surface area contributed by atoms with E-state index in [0.717, 1.165) is 26.2 Å². The molecule has 0 atom stereocenters. The van der Waals surface area contributed by atoms with Crippen LogP contribution in [0, 0.1) is 0 Å². The molecule has 0 amide bonds. The van der Waals surface area contributed by atoms with Crippen molar-refractivity contribution >= 4 is 27.4 Å². The molecule has 2 aromatic heterocycles. The first kappa shape index (κ1) is 23.4. The molecule has 0 unspecified atom stereocenters. The van der Waals surface area contributed by atoms with Gasteiger partial charge in [0, 0.05) is 37.1 Å². The molecule has 3 aromatic rings. The average Bonchev–Trinajstić information content (AvgIpc) is 3.50. The number of hydrogen-bond donors (Lipinski definition) is 0. The Hall–Kier alpha value is -2.02. The van der Waals surface area contributed by atoms with Crippen molar-refractivity contribution in [2.75, 3.05) is 50.7 Å². The van der Waals surface area contributed by atoms with E-state index in [1.807, 2.05) is 11.3 Å². The molecule has 1 fully saturated rings. The molecule has 1 aromatic carbocycles. The Bertz CT molecular complexity index is 1120. The molecule has 1 saturated heterocycles. The average molecular weight is 490 g/mol. The molecule has 1 aliphatic heterocycles. The van der Waals surface area contributed by atoms with E-state index in [1.165, 1.54) is 87.0 Å². The second-order valence-corrected chi connectivity index (χ2v) is 11.7. The van der Waals surface area contributed by atoms with Crippen molar-refractivity contribution in [3.05, 3.63) is 52.2 Å². The fraction of sp³-hybridized carbons (Fsp3) is 0.586. The zero-order valence-electron chi connectivity index (χ0n) is 21.2. The number of hydrogen-bond acceptors (Lipinski definition) is 6. The second-order valence-electron chi connectivity index (χ2n) is 10.6. The maximum Gasteiger partial charge on any atom is 0.141 e. The lowest BCUT2D eigenvalue weighted by atomic mass is 9.97. The number of thiophene rings is 1. The predicted octanol–water partition coefficient (Wildman–Crippen LogP) is 4.96. The van der Waals surface area contributed by atoms with Crippen LogP contribution in [-0.2, 0) is 25.7 Å². The second kappa shape index (κ2) is 10.5. The Balaban J connectivity index is 1.03. The molecule has 35 heavy (non-hydrogen) atoms. The van der Waals surface area contributed by atoms with Crippen LogP contribution in [-0.4, -0.2) is 71.6 Å². The summed E-state index contributed by atoms with van der Waals surface area (Å²) in [6.45, 7) is 10.4. The molecular formula is C29H39N5S. The maximum atomic E-state index is 4.80. The van der Waals surface area contributed by atoms with Gasteiger partial charge in [0.25, 0.3) is 0 Å². The number of piperazine rings is 1. The van der Waals surface area contributed by atoms with E-state index in [4.69, 9.17) is 4.98 Å². The molecule has 0 bridgehead atoms. The molecule has 2 aliphatic carbocycles. The van der Waals surface area contributed by atoms with Crippen LogP contribution < -0.4 is 4.90 Å². The maximum absolute atomic E-state index is 4.80. The molecule has 3 aliphatic rings. The number of nitrogens with zero attached hydrogens (tertiary/aromatic N) is 5. The lowest BCUT2D eigenvalue weighted by molar-refractivity contribution is 0.179. The fourth-order valence-electron chi connectivity index (χ4n) is 6.55. The lowest BCUT2D eigenvalue weighted by Crippen LogP contribution is -2.47. The van der Waals surface area contributed by atoms with Crippen LogP contribution in [0.4, 0.5) is 5.82 Å². The molecular weight excluding hydrogens is 450 g/mol. The van der Waals surface area contributed by atoms with Gasteiger partial charge in [-0.25, -0.2) is 9.97 Å². The normalized spacial score (nSPS) is 19.0. The van der Waals surface area contributed by atoms with E-state index < -0.39 is 0 Å². The standard InChI is InChI=1S/C29H39N5S/c1-2-12-33(24-19-22-8-3-4-9-23(22)20-24)14-7-13-32-15-17-34(18-16-32)28-27-25-10-5-6-11-26(25)35-29(27)31-21-30-28/h3-4,8-9,21,24H,2,5-7,10-20H2,1H3. The van der Waals surface area contributed by atoms with E-state index in [1.54, 1.807) is 27.9 Å². The van der Waals surface area contributed by atoms with Gasteiger partial charge in [-0.15, -0.1) is 11.3 Å². The number of fused-ring (bicyclic) bond motifs is 4. The van der Waals surface area contributed by atoms with Gasteiger partial charge in [0.1, 0.15) is 17.0 Å². The molecule has 5 nitrogen and oxygen atoms in total. The topological polar surface area (TPSA) is 35.5 Å². The summed E-state index contributed by atoms with van der Waals surface area (Å²) in [4.78, 5) is 20.2. The monoisotopic (exact) mass is 489 g/mol. The van der Waals surface area contributed by atoms with E-state index in [-0.39, 0.29) is 0 Å². The third-order valence-corrected chi connectivity index (χ3v) is 9.58. The summed E-state index contributed by atoms with van der Waals surface area (Å²) >= 11 is 1.91. The van der Waals surface area contributed by atoms with Crippen LogP contribution in [0.25, 0.3) is 10.2 Å². The zero-order chi connectivity index (χ0) is 23.6. The summed E-state index contributed by atoms with van der Waals surface area (Å²) in [7, 11) is 0. The van der Waals surface area contributed by atoms with Gasteiger partial charge < -0.3 is 4.90 Å². The Morgan fingerprint density at radius 1 is 0.971 bits per heavy atom. The molecule has 0 N–H and O–H groups in total. The van der Waals surface area contributed by atoms with Crippen molar-refractivity contribution in [1.29, 1.82) is 0 Å². The van der Waals surface area contributed by atoms with Crippen LogP contribution in [0.1, 0.15) is 54.2 Å². The zero-order valence-corrected chi connectivity index (χ0v) is 22.0. The Morgan fingerprint density at radius 2 is 1.74 bits per heavy atom. The Morgan fingerprint density at radius 3 is 2.51 bits per heavy atom. The van der Waals surface area contributed by atoms with Gasteiger partial charge in [0.2, 0.25) is 0 Å². The van der Waals surface area contributed by atoms with Crippen molar-refractivity contribution in [1.82, 2.24) is 19.8 Å². The quantitative estimate of drug-likeness (QED) is 0.447. The van der Waals surface area contributed by atoms with Crippen LogP contribution in [0.3, 0.4) is 0 Å². The molecule has 186 valence electrons. The van der Waals surface area contributed by atoms with Gasteiger partial charge in [-0.2, -0.15) is 0 Å². The van der Waals surface area contributed by atoms with Crippen molar-refractivity contribution in [3.63, 3.8) is 0 Å². The predicted molar refractivity (Wildman–Crippen MR) is 147 cm³/mol. The van der Waals surface area contributed by atoms with Gasteiger partial charge in [-0.3, -0.25) is 9.80 Å². The van der Waals surface area contributed by atoms with E-state index >= 15 is 0 Å². The smallest absolute Gasteiger partial charge is 0.141 e. The summed E-state index contributed by atoms with van der Waals surface area (Å²) < 4.78 is 0. The van der Waals surface area contributed by atoms with Gasteiger partial charge in [0.05, 0.1) is 5.39 Å². The Labute approximate surface area is 214 Å². The van der Waals surface area contributed by atoms with Crippen LogP contribution in [0.2, 0.25) is 0 Å². The first-order valence-electron chi connectivity index (χ1n) is 13.8.